The zero-order valence-corrected chi connectivity index (χ0v) is 12.4. The first-order valence-electron chi connectivity index (χ1n) is 7.23. The monoisotopic (exact) mass is 276 g/mol. The molecule has 0 aliphatic carbocycles. The van der Waals surface area contributed by atoms with Crippen LogP contribution in [0.3, 0.4) is 0 Å². The van der Waals surface area contributed by atoms with Crippen molar-refractivity contribution in [2.75, 3.05) is 33.7 Å². The predicted octanol–water partition coefficient (Wildman–Crippen LogP) is 1.26. The molecular formula is C15H24N4O. The molecule has 5 heteroatoms. The molecule has 0 amide bonds. The van der Waals surface area contributed by atoms with Crippen molar-refractivity contribution >= 4 is 11.0 Å². The molecule has 1 aromatic heterocycles. The summed E-state index contributed by atoms with van der Waals surface area (Å²) >= 11 is 0. The highest BCUT2D eigenvalue weighted by atomic mass is 16.1. The van der Waals surface area contributed by atoms with E-state index in [0.717, 1.165) is 50.1 Å². The van der Waals surface area contributed by atoms with Crippen molar-refractivity contribution in [1.82, 2.24) is 19.8 Å². The standard InChI is InChI=1S/C15H24N4O/c1-16-9-5-10-18(2)11-6-12-19-14-8-4-3-7-13(14)17-15(19)20/h3-4,7-8,16H,5-6,9-12H2,1-2H3,(H,17,20). The van der Waals surface area contributed by atoms with Crippen molar-refractivity contribution in [1.29, 1.82) is 0 Å². The Labute approximate surface area is 119 Å². The third kappa shape index (κ3) is 3.71. The number of H-pyrrole nitrogens is 1. The minimum Gasteiger partial charge on any atom is -0.320 e. The van der Waals surface area contributed by atoms with E-state index in [9.17, 15) is 4.79 Å². The van der Waals surface area contributed by atoms with Crippen LogP contribution >= 0.6 is 0 Å². The van der Waals surface area contributed by atoms with Crippen LogP contribution in [0.25, 0.3) is 11.0 Å². The number of aromatic amines is 1. The maximum Gasteiger partial charge on any atom is 0.326 e. The lowest BCUT2D eigenvalue weighted by atomic mass is 10.3. The van der Waals surface area contributed by atoms with Crippen molar-refractivity contribution < 1.29 is 0 Å². The molecule has 0 saturated carbocycles. The van der Waals surface area contributed by atoms with E-state index in [0.29, 0.717) is 0 Å². The largest absolute Gasteiger partial charge is 0.326 e. The maximum absolute atomic E-state index is 11.9. The summed E-state index contributed by atoms with van der Waals surface area (Å²) in [7, 11) is 4.11. The second-order valence-corrected chi connectivity index (χ2v) is 5.21. The van der Waals surface area contributed by atoms with E-state index < -0.39 is 0 Å². The van der Waals surface area contributed by atoms with E-state index in [2.05, 4.69) is 22.2 Å². The summed E-state index contributed by atoms with van der Waals surface area (Å²) in [5.74, 6) is 0. The summed E-state index contributed by atoms with van der Waals surface area (Å²) in [6.07, 6.45) is 2.14. The number of fused-ring (bicyclic) bond motifs is 1. The fourth-order valence-electron chi connectivity index (χ4n) is 2.47. The number of hydrogen-bond acceptors (Lipinski definition) is 3. The summed E-state index contributed by atoms with van der Waals surface area (Å²) in [6.45, 7) is 3.91. The number of rotatable bonds is 8. The summed E-state index contributed by atoms with van der Waals surface area (Å²) in [5, 5.41) is 3.15. The van der Waals surface area contributed by atoms with Gasteiger partial charge in [0.2, 0.25) is 0 Å². The minimum atomic E-state index is -0.0102. The highest BCUT2D eigenvalue weighted by Gasteiger charge is 2.05. The van der Waals surface area contributed by atoms with E-state index >= 15 is 0 Å². The second kappa shape index (κ2) is 7.26. The third-order valence-corrected chi connectivity index (χ3v) is 3.57. The van der Waals surface area contributed by atoms with E-state index in [-0.39, 0.29) is 5.69 Å². The van der Waals surface area contributed by atoms with Crippen LogP contribution in [0.15, 0.2) is 29.1 Å². The first kappa shape index (κ1) is 14.8. The summed E-state index contributed by atoms with van der Waals surface area (Å²) in [4.78, 5) is 17.1. The number of para-hydroxylation sites is 2. The van der Waals surface area contributed by atoms with E-state index in [1.54, 1.807) is 0 Å². The third-order valence-electron chi connectivity index (χ3n) is 3.57. The van der Waals surface area contributed by atoms with Gasteiger partial charge in [-0.15, -0.1) is 0 Å². The van der Waals surface area contributed by atoms with Gasteiger partial charge < -0.3 is 15.2 Å². The Morgan fingerprint density at radius 1 is 1.25 bits per heavy atom. The van der Waals surface area contributed by atoms with E-state index in [1.165, 1.54) is 0 Å². The lowest BCUT2D eigenvalue weighted by molar-refractivity contribution is 0.316. The van der Waals surface area contributed by atoms with E-state index in [1.807, 2.05) is 35.9 Å². The van der Waals surface area contributed by atoms with Crippen LogP contribution in [-0.4, -0.2) is 48.2 Å². The van der Waals surface area contributed by atoms with Gasteiger partial charge in [-0.25, -0.2) is 4.79 Å². The topological polar surface area (TPSA) is 53.1 Å². The minimum absolute atomic E-state index is 0.0102. The molecule has 0 atom stereocenters. The van der Waals surface area contributed by atoms with Crippen molar-refractivity contribution in [3.8, 4) is 0 Å². The van der Waals surface area contributed by atoms with Crippen molar-refractivity contribution in [2.45, 2.75) is 19.4 Å². The number of aromatic nitrogens is 2. The number of aryl methyl sites for hydroxylation is 1. The van der Waals surface area contributed by atoms with Gasteiger partial charge in [0.25, 0.3) is 0 Å². The van der Waals surface area contributed by atoms with Crippen LogP contribution in [0.1, 0.15) is 12.8 Å². The van der Waals surface area contributed by atoms with Gasteiger partial charge in [0, 0.05) is 6.54 Å². The SMILES string of the molecule is CNCCCN(C)CCCn1c(=O)[nH]c2ccccc21. The van der Waals surface area contributed by atoms with Crippen LogP contribution < -0.4 is 11.0 Å². The Morgan fingerprint density at radius 3 is 2.80 bits per heavy atom. The van der Waals surface area contributed by atoms with Gasteiger partial charge in [0.1, 0.15) is 0 Å². The zero-order chi connectivity index (χ0) is 14.4. The highest BCUT2D eigenvalue weighted by Crippen LogP contribution is 2.09. The van der Waals surface area contributed by atoms with Crippen molar-refractivity contribution in [2.24, 2.45) is 0 Å². The Balaban J connectivity index is 1.87. The van der Waals surface area contributed by atoms with Gasteiger partial charge in [-0.2, -0.15) is 0 Å². The lowest BCUT2D eigenvalue weighted by Crippen LogP contribution is -2.26. The Kier molecular flexibility index (Phi) is 5.38. The molecule has 0 spiro atoms. The van der Waals surface area contributed by atoms with E-state index in [4.69, 9.17) is 0 Å². The Hall–Kier alpha value is -1.59. The number of imidazole rings is 1. The van der Waals surface area contributed by atoms with Crippen LogP contribution in [-0.2, 0) is 6.54 Å². The molecule has 0 radical (unpaired) electrons. The molecule has 0 unspecified atom stereocenters. The molecule has 2 aromatic rings. The smallest absolute Gasteiger partial charge is 0.320 e. The van der Waals surface area contributed by atoms with Crippen LogP contribution in [0.5, 0.6) is 0 Å². The van der Waals surface area contributed by atoms with Crippen LogP contribution in [0.4, 0.5) is 0 Å². The van der Waals surface area contributed by atoms with Gasteiger partial charge in [0.05, 0.1) is 11.0 Å². The zero-order valence-electron chi connectivity index (χ0n) is 12.4. The molecule has 110 valence electrons. The van der Waals surface area contributed by atoms with Gasteiger partial charge in [-0.1, -0.05) is 12.1 Å². The molecule has 0 bridgehead atoms. The summed E-state index contributed by atoms with van der Waals surface area (Å²) in [6, 6.07) is 7.84. The Bertz CT molecular complexity index is 587. The summed E-state index contributed by atoms with van der Waals surface area (Å²) in [5.41, 5.74) is 1.90. The molecule has 0 aliphatic rings. The molecular weight excluding hydrogens is 252 g/mol. The fraction of sp³-hybridized carbons (Fsp3) is 0.533. The molecule has 2 rings (SSSR count). The van der Waals surface area contributed by atoms with Gasteiger partial charge in [-0.3, -0.25) is 4.57 Å². The lowest BCUT2D eigenvalue weighted by Gasteiger charge is -2.16. The van der Waals surface area contributed by atoms with Crippen molar-refractivity contribution in [3.05, 3.63) is 34.7 Å². The molecule has 5 nitrogen and oxygen atoms in total. The van der Waals surface area contributed by atoms with Crippen LogP contribution in [0.2, 0.25) is 0 Å². The fourth-order valence-corrected chi connectivity index (χ4v) is 2.47. The number of nitrogens with zero attached hydrogens (tertiary/aromatic N) is 2. The molecule has 2 N–H and O–H groups in total. The van der Waals surface area contributed by atoms with Crippen LogP contribution in [0, 0.1) is 0 Å². The predicted molar refractivity (Wildman–Crippen MR) is 83.2 cm³/mol. The number of nitrogens with one attached hydrogen (secondary N) is 2. The molecule has 1 aromatic carbocycles. The molecule has 20 heavy (non-hydrogen) atoms. The first-order chi connectivity index (χ1) is 9.72. The average molecular weight is 276 g/mol. The summed E-state index contributed by atoms with van der Waals surface area (Å²) < 4.78 is 1.83. The van der Waals surface area contributed by atoms with Gasteiger partial charge in [0.15, 0.2) is 0 Å². The molecule has 1 heterocycles. The Morgan fingerprint density at radius 2 is 2.00 bits per heavy atom. The maximum atomic E-state index is 11.9. The number of hydrogen-bond donors (Lipinski definition) is 2. The molecule has 0 saturated heterocycles. The molecule has 0 fully saturated rings. The van der Waals surface area contributed by atoms with Gasteiger partial charge >= 0.3 is 5.69 Å². The average Bonchev–Trinajstić information content (AvgIpc) is 2.75. The number of benzene rings is 1. The quantitative estimate of drug-likeness (QED) is 0.714. The first-order valence-corrected chi connectivity index (χ1v) is 7.23. The highest BCUT2D eigenvalue weighted by molar-refractivity contribution is 5.74. The molecule has 0 aliphatic heterocycles. The second-order valence-electron chi connectivity index (χ2n) is 5.21. The normalized spacial score (nSPS) is 11.6. The van der Waals surface area contributed by atoms with Crippen molar-refractivity contribution in [3.63, 3.8) is 0 Å². The van der Waals surface area contributed by atoms with Gasteiger partial charge in [-0.05, 0) is 58.7 Å².